The largest absolute Gasteiger partial charge is 0.393 e. The lowest BCUT2D eigenvalue weighted by molar-refractivity contribution is -0.213. The Morgan fingerprint density at radius 3 is 2.67 bits per heavy atom. The van der Waals surface area contributed by atoms with E-state index in [1.54, 1.807) is 0 Å². The summed E-state index contributed by atoms with van der Waals surface area (Å²) in [5, 5.41) is 33.3. The van der Waals surface area contributed by atoms with Gasteiger partial charge in [0.2, 0.25) is 0 Å². The van der Waals surface area contributed by atoms with E-state index in [0.29, 0.717) is 18.0 Å². The van der Waals surface area contributed by atoms with Crippen molar-refractivity contribution >= 4 is 0 Å². The molecule has 13 atom stereocenters. The highest BCUT2D eigenvalue weighted by Gasteiger charge is 2.90. The Labute approximate surface area is 142 Å². The van der Waals surface area contributed by atoms with E-state index in [1.165, 1.54) is 0 Å². The SMILES string of the molecule is C=C1C[C@]23C[C@H]4[C@@H]5[C@@]6(C)C[C@H](O)C[C@]57C(C2C(O)[C@H]1[C@@H](O)[C@H]37)N4C6. The quantitative estimate of drug-likeness (QED) is 0.574. The van der Waals surface area contributed by atoms with Gasteiger partial charge in [0.15, 0.2) is 0 Å². The minimum Gasteiger partial charge on any atom is -0.393 e. The van der Waals surface area contributed by atoms with Gasteiger partial charge in [-0.25, -0.2) is 0 Å². The second-order valence-corrected chi connectivity index (χ2v) is 10.8. The van der Waals surface area contributed by atoms with E-state index in [4.69, 9.17) is 0 Å². The van der Waals surface area contributed by atoms with Gasteiger partial charge in [-0.05, 0) is 53.8 Å². The van der Waals surface area contributed by atoms with Crippen molar-refractivity contribution in [1.29, 1.82) is 0 Å². The lowest BCUT2D eigenvalue weighted by atomic mass is 9.39. The van der Waals surface area contributed by atoms with E-state index in [1.807, 2.05) is 0 Å². The molecule has 9 fully saturated rings. The van der Waals surface area contributed by atoms with Crippen LogP contribution < -0.4 is 0 Å². The number of hydrogen-bond acceptors (Lipinski definition) is 4. The summed E-state index contributed by atoms with van der Waals surface area (Å²) in [6.07, 6.45) is 2.76. The minimum absolute atomic E-state index is 0.0358. The molecule has 3 N–H and O–H groups in total. The number of rotatable bonds is 0. The van der Waals surface area contributed by atoms with Crippen molar-refractivity contribution in [3.8, 4) is 0 Å². The normalized spacial score (nSPS) is 76.1. The molecular weight excluding hydrogens is 302 g/mol. The van der Waals surface area contributed by atoms with Gasteiger partial charge in [-0.3, -0.25) is 4.90 Å². The van der Waals surface area contributed by atoms with Crippen LogP contribution in [0.3, 0.4) is 0 Å². The molecule has 0 aromatic carbocycles. The monoisotopic (exact) mass is 329 g/mol. The van der Waals surface area contributed by atoms with E-state index in [0.717, 1.165) is 37.8 Å². The van der Waals surface area contributed by atoms with Gasteiger partial charge in [0.25, 0.3) is 0 Å². The van der Waals surface area contributed by atoms with E-state index in [-0.39, 0.29) is 40.1 Å². The molecule has 4 nitrogen and oxygen atoms in total. The number of aliphatic hydroxyl groups is 3. The number of aliphatic hydroxyl groups excluding tert-OH is 3. The van der Waals surface area contributed by atoms with E-state index >= 15 is 0 Å². The second-order valence-electron chi connectivity index (χ2n) is 10.8. The summed E-state index contributed by atoms with van der Waals surface area (Å²) < 4.78 is 0. The van der Waals surface area contributed by atoms with Crippen molar-refractivity contribution in [2.24, 2.45) is 39.9 Å². The van der Waals surface area contributed by atoms with Gasteiger partial charge in [0.1, 0.15) is 0 Å². The van der Waals surface area contributed by atoms with Gasteiger partial charge in [-0.2, -0.15) is 0 Å². The van der Waals surface area contributed by atoms with Crippen molar-refractivity contribution in [1.82, 2.24) is 4.90 Å². The van der Waals surface area contributed by atoms with E-state index < -0.39 is 12.2 Å². The Balaban J connectivity index is 1.54. The maximum atomic E-state index is 11.3. The molecule has 2 spiro atoms. The summed E-state index contributed by atoms with van der Waals surface area (Å²) >= 11 is 0. The fraction of sp³-hybridized carbons (Fsp3) is 0.900. The van der Waals surface area contributed by atoms with Crippen LogP contribution in [0.5, 0.6) is 0 Å². The Morgan fingerprint density at radius 1 is 1.08 bits per heavy atom. The molecule has 3 aliphatic heterocycles. The molecule has 0 radical (unpaired) electrons. The third-order valence-corrected chi connectivity index (χ3v) is 10.1. The van der Waals surface area contributed by atoms with E-state index in [2.05, 4.69) is 18.4 Å². The molecule has 9 bridgehead atoms. The van der Waals surface area contributed by atoms with Gasteiger partial charge in [0.05, 0.1) is 18.3 Å². The molecule has 4 unspecified atom stereocenters. The Hall–Kier alpha value is -0.420. The summed E-state index contributed by atoms with van der Waals surface area (Å²) in [5.74, 6) is 1.02. The number of fused-ring (bicyclic) bond motifs is 1. The Kier molecular flexibility index (Phi) is 1.95. The van der Waals surface area contributed by atoms with Crippen LogP contribution in [0.2, 0.25) is 0 Å². The molecule has 3 saturated heterocycles. The molecule has 0 aromatic rings. The zero-order valence-electron chi connectivity index (χ0n) is 14.2. The molecule has 9 rings (SSSR count). The average Bonchev–Trinajstić information content (AvgIpc) is 2.88. The fourth-order valence-corrected chi connectivity index (χ4v) is 10.7. The predicted octanol–water partition coefficient (Wildman–Crippen LogP) is 0.764. The van der Waals surface area contributed by atoms with Gasteiger partial charge in [-0.1, -0.05) is 19.1 Å². The third-order valence-electron chi connectivity index (χ3n) is 10.1. The Morgan fingerprint density at radius 2 is 1.88 bits per heavy atom. The van der Waals surface area contributed by atoms with Gasteiger partial charge in [0, 0.05) is 30.5 Å². The smallest absolute Gasteiger partial charge is 0.0679 e. The zero-order chi connectivity index (χ0) is 16.4. The van der Waals surface area contributed by atoms with Crippen LogP contribution in [0.15, 0.2) is 12.2 Å². The molecule has 4 heteroatoms. The molecule has 0 aromatic heterocycles. The van der Waals surface area contributed by atoms with Gasteiger partial charge < -0.3 is 15.3 Å². The van der Waals surface area contributed by atoms with Crippen LogP contribution in [0.1, 0.15) is 32.6 Å². The van der Waals surface area contributed by atoms with Gasteiger partial charge in [-0.15, -0.1) is 0 Å². The van der Waals surface area contributed by atoms with Crippen molar-refractivity contribution in [3.63, 3.8) is 0 Å². The molecule has 24 heavy (non-hydrogen) atoms. The van der Waals surface area contributed by atoms with Crippen LogP contribution in [0.25, 0.3) is 0 Å². The van der Waals surface area contributed by atoms with Crippen molar-refractivity contribution in [2.45, 2.75) is 63.0 Å². The van der Waals surface area contributed by atoms with Crippen molar-refractivity contribution in [2.75, 3.05) is 6.54 Å². The molecule has 9 aliphatic rings. The highest BCUT2D eigenvalue weighted by atomic mass is 16.3. The zero-order valence-corrected chi connectivity index (χ0v) is 14.2. The van der Waals surface area contributed by atoms with Crippen LogP contribution in [-0.4, -0.2) is 57.2 Å². The molecule has 130 valence electrons. The highest BCUT2D eigenvalue weighted by Crippen LogP contribution is 2.86. The topological polar surface area (TPSA) is 63.9 Å². The first kappa shape index (κ1) is 13.7. The standard InChI is InChI=1S/C20H27NO3/c1-8-3-19-6-10-15-18(2)4-9(22)5-20(15)16(19)14(24)11(8)13(23)12(19)17(20)21(10)7-18/h9-17,22-24H,1,3-7H2,2H3/t9-,10-,11-,12?,13?,14+,15+,16+,17?,18-,19-,20-/m0/s1. The maximum absolute atomic E-state index is 11.3. The lowest BCUT2D eigenvalue weighted by Crippen LogP contribution is -2.67. The fourth-order valence-electron chi connectivity index (χ4n) is 10.7. The molecule has 6 saturated carbocycles. The minimum atomic E-state index is -0.460. The summed E-state index contributed by atoms with van der Waals surface area (Å²) in [7, 11) is 0. The van der Waals surface area contributed by atoms with Crippen LogP contribution in [-0.2, 0) is 0 Å². The second kappa shape index (κ2) is 3.40. The summed E-state index contributed by atoms with van der Waals surface area (Å²) in [5.41, 5.74) is 1.37. The van der Waals surface area contributed by atoms with Crippen molar-refractivity contribution < 1.29 is 15.3 Å². The lowest BCUT2D eigenvalue weighted by Gasteiger charge is -2.65. The Bertz CT molecular complexity index is 709. The number of hydrogen-bond donors (Lipinski definition) is 3. The first-order valence-electron chi connectivity index (χ1n) is 9.83. The molecule has 0 amide bonds. The van der Waals surface area contributed by atoms with Gasteiger partial charge >= 0.3 is 0 Å². The average molecular weight is 329 g/mol. The first-order valence-corrected chi connectivity index (χ1v) is 9.83. The summed E-state index contributed by atoms with van der Waals surface area (Å²) in [6.45, 7) is 7.72. The number of nitrogens with zero attached hydrogens (tertiary/aromatic N) is 1. The molecule has 3 heterocycles. The predicted molar refractivity (Wildman–Crippen MR) is 86.8 cm³/mol. The van der Waals surface area contributed by atoms with Crippen molar-refractivity contribution in [3.05, 3.63) is 12.2 Å². The highest BCUT2D eigenvalue weighted by molar-refractivity contribution is 5.43. The van der Waals surface area contributed by atoms with Crippen LogP contribution >= 0.6 is 0 Å². The van der Waals surface area contributed by atoms with E-state index in [9.17, 15) is 15.3 Å². The maximum Gasteiger partial charge on any atom is 0.0679 e. The van der Waals surface area contributed by atoms with Crippen LogP contribution in [0.4, 0.5) is 0 Å². The summed E-state index contributed by atoms with van der Waals surface area (Å²) in [6, 6.07) is 0.999. The molecule has 6 aliphatic carbocycles. The first-order chi connectivity index (χ1) is 11.4. The van der Waals surface area contributed by atoms with Crippen LogP contribution in [0, 0.1) is 39.9 Å². The third kappa shape index (κ3) is 0.980. The number of piperidine rings is 2. The molecular formula is C20H27NO3. The summed E-state index contributed by atoms with van der Waals surface area (Å²) in [4.78, 5) is 2.73.